The number of nitrogens with zero attached hydrogens (tertiary/aromatic N) is 1. The minimum atomic E-state index is -0.821. The fraction of sp³-hybridized carbons (Fsp3) is 0.516. The van der Waals surface area contributed by atoms with Crippen LogP contribution in [0.3, 0.4) is 0 Å². The molecule has 2 bridgehead atoms. The van der Waals surface area contributed by atoms with E-state index in [1.54, 1.807) is 40.9 Å². The molecule has 3 unspecified atom stereocenters. The number of alkyl halides is 1. The van der Waals surface area contributed by atoms with Gasteiger partial charge in [0.2, 0.25) is 17.7 Å². The van der Waals surface area contributed by atoms with Crippen molar-refractivity contribution in [2.24, 2.45) is 11.8 Å². The van der Waals surface area contributed by atoms with Crippen LogP contribution in [0.15, 0.2) is 54.6 Å². The molecule has 220 valence electrons. The van der Waals surface area contributed by atoms with Crippen molar-refractivity contribution in [3.8, 4) is 5.75 Å². The van der Waals surface area contributed by atoms with Gasteiger partial charge >= 0.3 is 0 Å². The monoisotopic (exact) mass is 643 g/mol. The van der Waals surface area contributed by atoms with Crippen LogP contribution < -0.4 is 15.4 Å². The Bertz CT molecular complexity index is 1290. The van der Waals surface area contributed by atoms with Crippen molar-refractivity contribution in [3.63, 3.8) is 0 Å². The number of likely N-dealkylation sites (tertiary alicyclic amines) is 1. The fourth-order valence-corrected chi connectivity index (χ4v) is 10.3. The number of ether oxygens (including phenoxy) is 1. The molecule has 3 aliphatic rings. The van der Waals surface area contributed by atoms with Gasteiger partial charge in [0.1, 0.15) is 11.8 Å². The van der Waals surface area contributed by atoms with Crippen LogP contribution in [0.5, 0.6) is 5.75 Å². The molecule has 8 nitrogen and oxygen atoms in total. The summed E-state index contributed by atoms with van der Waals surface area (Å²) in [6, 6.07) is 15.4. The van der Waals surface area contributed by atoms with Gasteiger partial charge in [-0.1, -0.05) is 46.3 Å². The van der Waals surface area contributed by atoms with Crippen molar-refractivity contribution in [1.29, 1.82) is 0 Å². The molecular formula is C31H38BrN3O5S. The van der Waals surface area contributed by atoms with E-state index < -0.39 is 34.2 Å². The Morgan fingerprint density at radius 3 is 2.44 bits per heavy atom. The Labute approximate surface area is 254 Å². The van der Waals surface area contributed by atoms with Gasteiger partial charge < -0.3 is 25.4 Å². The molecule has 3 saturated heterocycles. The summed E-state index contributed by atoms with van der Waals surface area (Å²) in [5.74, 6) is -1.34. The molecule has 2 aromatic rings. The topological polar surface area (TPSA) is 108 Å². The second-order valence-electron chi connectivity index (χ2n) is 12.1. The van der Waals surface area contributed by atoms with Crippen molar-refractivity contribution >= 4 is 51.1 Å². The van der Waals surface area contributed by atoms with Crippen LogP contribution in [0.1, 0.15) is 39.7 Å². The van der Waals surface area contributed by atoms with Gasteiger partial charge in [-0.15, -0.1) is 11.8 Å². The van der Waals surface area contributed by atoms with Gasteiger partial charge in [-0.3, -0.25) is 14.4 Å². The number of fused-ring (bicyclic) bond motifs is 1. The van der Waals surface area contributed by atoms with E-state index in [4.69, 9.17) is 4.74 Å². The van der Waals surface area contributed by atoms with E-state index in [1.807, 2.05) is 58.0 Å². The first-order chi connectivity index (χ1) is 19.5. The number of halogens is 1. The lowest BCUT2D eigenvalue weighted by Gasteiger charge is -2.39. The predicted molar refractivity (Wildman–Crippen MR) is 164 cm³/mol. The molecule has 5 rings (SSSR count). The number of carbonyl (C=O) groups excluding carboxylic acids is 3. The first kappa shape index (κ1) is 29.9. The molecular weight excluding hydrogens is 606 g/mol. The normalized spacial score (nSPS) is 29.3. The summed E-state index contributed by atoms with van der Waals surface area (Å²) in [6.45, 7) is 7.90. The number of hydrogen-bond donors (Lipinski definition) is 3. The highest BCUT2D eigenvalue weighted by molar-refractivity contribution is 9.09. The van der Waals surface area contributed by atoms with Gasteiger partial charge in [0.05, 0.1) is 35.8 Å². The number of benzene rings is 2. The third-order valence-electron chi connectivity index (χ3n) is 8.13. The van der Waals surface area contributed by atoms with Gasteiger partial charge in [-0.25, -0.2) is 0 Å². The highest BCUT2D eigenvalue weighted by Gasteiger charge is 2.76. The molecule has 2 aromatic carbocycles. The van der Waals surface area contributed by atoms with Crippen LogP contribution in [0.25, 0.3) is 0 Å². The van der Waals surface area contributed by atoms with Crippen molar-refractivity contribution in [2.45, 2.75) is 73.0 Å². The van der Waals surface area contributed by atoms with E-state index in [1.165, 1.54) is 0 Å². The maximum Gasteiger partial charge on any atom is 0.244 e. The van der Waals surface area contributed by atoms with Crippen LogP contribution in [0.2, 0.25) is 0 Å². The molecule has 3 fully saturated rings. The molecule has 0 aromatic heterocycles. The number of aliphatic hydroxyl groups is 1. The summed E-state index contributed by atoms with van der Waals surface area (Å²) in [4.78, 5) is 43.9. The molecule has 41 heavy (non-hydrogen) atoms. The Morgan fingerprint density at radius 1 is 1.15 bits per heavy atom. The number of hydrogen-bond acceptors (Lipinski definition) is 6. The van der Waals surface area contributed by atoms with E-state index in [0.717, 1.165) is 5.56 Å². The van der Waals surface area contributed by atoms with Gasteiger partial charge in [0.25, 0.3) is 0 Å². The minimum Gasteiger partial charge on any atom is -0.494 e. The van der Waals surface area contributed by atoms with E-state index in [9.17, 15) is 19.5 Å². The number of aliphatic hydroxyl groups excluding tert-OH is 1. The quantitative estimate of drug-likeness (QED) is 0.357. The molecule has 7 atom stereocenters. The van der Waals surface area contributed by atoms with Crippen LogP contribution in [0.4, 0.5) is 5.69 Å². The highest BCUT2D eigenvalue weighted by atomic mass is 79.9. The standard InChI is InChI=1S/C31H38BrN3O5S/c1-5-40-21-13-11-19(12-14-21)33-27(37)23-24-29(39)35(20(17-36)15-18-9-7-6-8-10-18)26(28(38)34-30(2,3)4)31(24)16-22(32)25(23)41-31/h6-14,20,22-26,36H,5,15-17H2,1-4H3,(H,33,37)(H,34,38)/t20-,22?,23+,24+,25+,26?,31?/m1/s1. The summed E-state index contributed by atoms with van der Waals surface area (Å²) in [7, 11) is 0. The zero-order valence-corrected chi connectivity index (χ0v) is 26.2. The van der Waals surface area contributed by atoms with Crippen LogP contribution in [-0.2, 0) is 20.8 Å². The van der Waals surface area contributed by atoms with Crippen LogP contribution in [-0.4, -0.2) is 73.4 Å². The summed E-state index contributed by atoms with van der Waals surface area (Å²) in [6.07, 6.45) is 0.980. The van der Waals surface area contributed by atoms with Crippen molar-refractivity contribution in [3.05, 3.63) is 60.2 Å². The molecule has 3 N–H and O–H groups in total. The third-order valence-corrected chi connectivity index (χ3v) is 11.3. The van der Waals surface area contributed by atoms with E-state index in [-0.39, 0.29) is 34.4 Å². The zero-order valence-electron chi connectivity index (χ0n) is 23.8. The average Bonchev–Trinajstić information content (AvgIpc) is 3.51. The van der Waals surface area contributed by atoms with E-state index >= 15 is 0 Å². The number of rotatable bonds is 9. The van der Waals surface area contributed by atoms with Crippen LogP contribution >= 0.6 is 27.7 Å². The predicted octanol–water partition coefficient (Wildman–Crippen LogP) is 4.01. The SMILES string of the molecule is CCOc1ccc(NC(=O)[C@H]2[C@H]3C(=O)N([C@@H](CO)Cc4ccccc4)C(C(=O)NC(C)(C)C)C34CC(Br)[C@@H]2S4)cc1. The zero-order chi connectivity index (χ0) is 29.5. The van der Waals surface area contributed by atoms with Gasteiger partial charge in [0.15, 0.2) is 0 Å². The Morgan fingerprint density at radius 2 is 1.83 bits per heavy atom. The molecule has 3 aliphatic heterocycles. The Kier molecular flexibility index (Phi) is 8.47. The maximum atomic E-state index is 14.4. The second-order valence-corrected chi connectivity index (χ2v) is 14.8. The fourth-order valence-electron chi connectivity index (χ4n) is 6.66. The lowest BCUT2D eigenvalue weighted by Crippen LogP contribution is -2.59. The second kappa shape index (κ2) is 11.6. The summed E-state index contributed by atoms with van der Waals surface area (Å²) in [5.41, 5.74) is 1.06. The minimum absolute atomic E-state index is 0.0424. The lowest BCUT2D eigenvalue weighted by molar-refractivity contribution is -0.142. The number of nitrogens with one attached hydrogen (secondary N) is 2. The Hall–Kier alpha value is -2.56. The lowest BCUT2D eigenvalue weighted by atomic mass is 9.70. The molecule has 3 amide bonds. The van der Waals surface area contributed by atoms with Crippen molar-refractivity contribution < 1.29 is 24.2 Å². The molecule has 0 saturated carbocycles. The van der Waals surface area contributed by atoms with Crippen LogP contribution in [0, 0.1) is 11.8 Å². The van der Waals surface area contributed by atoms with Gasteiger partial charge in [0, 0.05) is 21.3 Å². The maximum absolute atomic E-state index is 14.4. The van der Waals surface area contributed by atoms with E-state index in [0.29, 0.717) is 30.9 Å². The third kappa shape index (κ3) is 5.62. The highest BCUT2D eigenvalue weighted by Crippen LogP contribution is 2.68. The average molecular weight is 645 g/mol. The first-order valence-corrected chi connectivity index (χ1v) is 15.9. The Balaban J connectivity index is 1.50. The molecule has 0 radical (unpaired) electrons. The number of carbonyl (C=O) groups is 3. The molecule has 0 aliphatic carbocycles. The van der Waals surface area contributed by atoms with Gasteiger partial charge in [-0.2, -0.15) is 0 Å². The van der Waals surface area contributed by atoms with E-state index in [2.05, 4.69) is 26.6 Å². The number of amides is 3. The summed E-state index contributed by atoms with van der Waals surface area (Å²) >= 11 is 5.39. The number of thioether (sulfide) groups is 1. The molecule has 3 heterocycles. The number of anilines is 1. The summed E-state index contributed by atoms with van der Waals surface area (Å²) in [5, 5.41) is 16.5. The van der Waals surface area contributed by atoms with Gasteiger partial charge in [-0.05, 0) is 70.4 Å². The van der Waals surface area contributed by atoms with Crippen molar-refractivity contribution in [1.82, 2.24) is 10.2 Å². The molecule has 10 heteroatoms. The summed E-state index contributed by atoms with van der Waals surface area (Å²) < 4.78 is 4.72. The smallest absolute Gasteiger partial charge is 0.244 e. The first-order valence-electron chi connectivity index (χ1n) is 14.1. The van der Waals surface area contributed by atoms with Crippen molar-refractivity contribution in [2.75, 3.05) is 18.5 Å². The largest absolute Gasteiger partial charge is 0.494 e. The molecule has 1 spiro atoms.